The van der Waals surface area contributed by atoms with Gasteiger partial charge in [-0.2, -0.15) is 0 Å². The Morgan fingerprint density at radius 3 is 2.41 bits per heavy atom. The van der Waals surface area contributed by atoms with E-state index in [0.717, 1.165) is 12.1 Å². The smallest absolute Gasteiger partial charge is 0.220 e. The molecule has 1 aromatic carbocycles. The number of amides is 1. The first-order valence-electron chi connectivity index (χ1n) is 7.73. The molecule has 0 unspecified atom stereocenters. The second-order valence-electron chi connectivity index (χ2n) is 6.69. The second kappa shape index (κ2) is 6.42. The molecule has 1 aliphatic rings. The summed E-state index contributed by atoms with van der Waals surface area (Å²) in [6.45, 7) is 13.9. The van der Waals surface area contributed by atoms with E-state index in [4.69, 9.17) is 4.74 Å². The van der Waals surface area contributed by atoms with Crippen molar-refractivity contribution >= 4 is 5.91 Å². The van der Waals surface area contributed by atoms with E-state index in [1.54, 1.807) is 6.92 Å². The van der Waals surface area contributed by atoms with E-state index in [1.807, 2.05) is 43.9 Å². The van der Waals surface area contributed by atoms with Crippen LogP contribution in [-0.4, -0.2) is 40.9 Å². The number of rotatable bonds is 3. The average Bonchev–Trinajstić information content (AvgIpc) is 2.45. The highest BCUT2D eigenvalue weighted by Crippen LogP contribution is 2.28. The summed E-state index contributed by atoms with van der Waals surface area (Å²) in [6.07, 6.45) is 0. The van der Waals surface area contributed by atoms with E-state index < -0.39 is 0 Å². The highest BCUT2D eigenvalue weighted by atomic mass is 16.5. The summed E-state index contributed by atoms with van der Waals surface area (Å²) >= 11 is 0. The molecule has 0 spiro atoms. The van der Waals surface area contributed by atoms with Crippen LogP contribution < -0.4 is 0 Å². The lowest BCUT2D eigenvalue weighted by Crippen LogP contribution is -2.50. The fourth-order valence-electron chi connectivity index (χ4n) is 2.76. The highest BCUT2D eigenvalue weighted by molar-refractivity contribution is 5.74. The maximum atomic E-state index is 11.9. The van der Waals surface area contributed by atoms with Gasteiger partial charge in [0.1, 0.15) is 5.60 Å². The Labute approximate surface area is 133 Å². The third-order valence-corrected chi connectivity index (χ3v) is 3.75. The zero-order valence-corrected chi connectivity index (χ0v) is 14.0. The number of piperazine rings is 1. The first-order chi connectivity index (χ1) is 10.3. The van der Waals surface area contributed by atoms with Crippen LogP contribution in [-0.2, 0) is 9.53 Å². The van der Waals surface area contributed by atoms with Crippen LogP contribution in [0.2, 0.25) is 0 Å². The summed E-state index contributed by atoms with van der Waals surface area (Å²) in [5.74, 6) is 0.785. The van der Waals surface area contributed by atoms with Crippen LogP contribution in [0.25, 0.3) is 0 Å². The van der Waals surface area contributed by atoms with E-state index in [1.165, 1.54) is 0 Å². The van der Waals surface area contributed by atoms with Gasteiger partial charge in [0, 0.05) is 26.6 Å². The van der Waals surface area contributed by atoms with E-state index >= 15 is 0 Å². The van der Waals surface area contributed by atoms with E-state index in [9.17, 15) is 4.79 Å². The number of hydrogen-bond donors (Lipinski definition) is 0. The average molecular weight is 302 g/mol. The van der Waals surface area contributed by atoms with Crippen LogP contribution in [0.1, 0.15) is 39.3 Å². The van der Waals surface area contributed by atoms with Gasteiger partial charge >= 0.3 is 0 Å². The molecule has 22 heavy (non-hydrogen) atoms. The molecule has 0 radical (unpaired) electrons. The molecule has 1 saturated heterocycles. The van der Waals surface area contributed by atoms with E-state index in [2.05, 4.69) is 23.6 Å². The van der Waals surface area contributed by atoms with Crippen molar-refractivity contribution in [2.45, 2.75) is 39.3 Å². The van der Waals surface area contributed by atoms with Crippen molar-refractivity contribution in [3.05, 3.63) is 48.4 Å². The van der Waals surface area contributed by atoms with Crippen molar-refractivity contribution in [3.8, 4) is 0 Å². The molecular formula is C18H26N2O2. The molecule has 120 valence electrons. The van der Waals surface area contributed by atoms with Gasteiger partial charge in [-0.15, -0.1) is 0 Å². The monoisotopic (exact) mass is 302 g/mol. The molecule has 0 aliphatic carbocycles. The van der Waals surface area contributed by atoms with Gasteiger partial charge in [-0.1, -0.05) is 30.3 Å². The van der Waals surface area contributed by atoms with Gasteiger partial charge in [0.15, 0.2) is 5.88 Å². The predicted octanol–water partition coefficient (Wildman–Crippen LogP) is 3.18. The fraction of sp³-hybridized carbons (Fsp3) is 0.500. The Balaban J connectivity index is 2.17. The Bertz CT molecular complexity index is 534. The van der Waals surface area contributed by atoms with Crippen molar-refractivity contribution in [3.63, 3.8) is 0 Å². The first kappa shape index (κ1) is 16.4. The normalized spacial score (nSPS) is 19.0. The molecule has 2 rings (SSSR count). The van der Waals surface area contributed by atoms with Gasteiger partial charge in [-0.05, 0) is 32.9 Å². The van der Waals surface area contributed by atoms with Gasteiger partial charge in [0.2, 0.25) is 5.91 Å². The van der Waals surface area contributed by atoms with Gasteiger partial charge in [0.25, 0.3) is 0 Å². The van der Waals surface area contributed by atoms with Gasteiger partial charge in [-0.25, -0.2) is 0 Å². The minimum absolute atomic E-state index is 0.0350. The molecule has 1 fully saturated rings. The Hall–Kier alpha value is -1.97. The standard InChI is InChI=1S/C18H26N2O2/c1-14(21)20-12-11-19(15(2)22-18(3,4)5)13-17(20)16-9-7-6-8-10-16/h6-10,17H,2,11-13H2,1,3-5H3/t17-/m1/s1. The summed E-state index contributed by atoms with van der Waals surface area (Å²) in [5, 5.41) is 0. The van der Waals surface area contributed by atoms with Crippen molar-refractivity contribution in [1.82, 2.24) is 9.80 Å². The summed E-state index contributed by atoms with van der Waals surface area (Å²) < 4.78 is 5.89. The third-order valence-electron chi connectivity index (χ3n) is 3.75. The van der Waals surface area contributed by atoms with Gasteiger partial charge in [-0.3, -0.25) is 4.79 Å². The van der Waals surface area contributed by atoms with Gasteiger partial charge in [0.05, 0.1) is 6.04 Å². The topological polar surface area (TPSA) is 32.8 Å². The second-order valence-corrected chi connectivity index (χ2v) is 6.69. The van der Waals surface area contributed by atoms with Crippen LogP contribution in [0.15, 0.2) is 42.8 Å². The van der Waals surface area contributed by atoms with E-state index in [0.29, 0.717) is 19.0 Å². The zero-order valence-electron chi connectivity index (χ0n) is 14.0. The molecule has 1 atom stereocenters. The highest BCUT2D eigenvalue weighted by Gasteiger charge is 2.31. The lowest BCUT2D eigenvalue weighted by atomic mass is 10.0. The number of carbonyl (C=O) groups excluding carboxylic acids is 1. The Morgan fingerprint density at radius 2 is 1.86 bits per heavy atom. The van der Waals surface area contributed by atoms with Crippen molar-refractivity contribution in [2.24, 2.45) is 0 Å². The molecule has 4 nitrogen and oxygen atoms in total. The minimum atomic E-state index is -0.267. The molecule has 4 heteroatoms. The number of carbonyl (C=O) groups is 1. The number of hydrogen-bond acceptors (Lipinski definition) is 3. The molecule has 1 aromatic rings. The number of ether oxygens (including phenoxy) is 1. The SMILES string of the molecule is C=C(OC(C)(C)C)N1CCN(C(C)=O)[C@@H](c2ccccc2)C1. The van der Waals surface area contributed by atoms with Crippen LogP contribution in [0, 0.1) is 0 Å². The lowest BCUT2D eigenvalue weighted by molar-refractivity contribution is -0.134. The molecule has 0 N–H and O–H groups in total. The Morgan fingerprint density at radius 1 is 1.23 bits per heavy atom. The fourth-order valence-corrected chi connectivity index (χ4v) is 2.76. The van der Waals surface area contributed by atoms with Gasteiger partial charge < -0.3 is 14.5 Å². The maximum absolute atomic E-state index is 11.9. The summed E-state index contributed by atoms with van der Waals surface area (Å²) in [4.78, 5) is 16.0. The molecule has 0 bridgehead atoms. The van der Waals surface area contributed by atoms with Crippen molar-refractivity contribution < 1.29 is 9.53 Å². The molecule has 1 heterocycles. The lowest BCUT2D eigenvalue weighted by Gasteiger charge is -2.43. The molecule has 1 amide bonds. The summed E-state index contributed by atoms with van der Waals surface area (Å²) in [7, 11) is 0. The quantitative estimate of drug-likeness (QED) is 0.804. The van der Waals surface area contributed by atoms with Crippen LogP contribution in [0.4, 0.5) is 0 Å². The first-order valence-corrected chi connectivity index (χ1v) is 7.73. The molecular weight excluding hydrogens is 276 g/mol. The van der Waals surface area contributed by atoms with E-state index in [-0.39, 0.29) is 17.6 Å². The van der Waals surface area contributed by atoms with Crippen LogP contribution in [0.3, 0.4) is 0 Å². The largest absolute Gasteiger partial charge is 0.474 e. The minimum Gasteiger partial charge on any atom is -0.474 e. The predicted molar refractivity (Wildman–Crippen MR) is 88.1 cm³/mol. The van der Waals surface area contributed by atoms with Crippen LogP contribution in [0.5, 0.6) is 0 Å². The number of nitrogens with zero attached hydrogens (tertiary/aromatic N) is 2. The maximum Gasteiger partial charge on any atom is 0.220 e. The summed E-state index contributed by atoms with van der Waals surface area (Å²) in [6, 6.07) is 10.2. The molecule has 0 aromatic heterocycles. The summed E-state index contributed by atoms with van der Waals surface area (Å²) in [5.41, 5.74) is 0.878. The zero-order chi connectivity index (χ0) is 16.3. The number of benzene rings is 1. The van der Waals surface area contributed by atoms with Crippen molar-refractivity contribution in [1.29, 1.82) is 0 Å². The molecule has 0 saturated carbocycles. The third kappa shape index (κ3) is 4.03. The molecule has 1 aliphatic heterocycles. The van der Waals surface area contributed by atoms with Crippen molar-refractivity contribution in [2.75, 3.05) is 19.6 Å². The van der Waals surface area contributed by atoms with Crippen LogP contribution >= 0.6 is 0 Å². The Kier molecular flexibility index (Phi) is 4.79.